The van der Waals surface area contributed by atoms with Crippen LogP contribution in [0.4, 0.5) is 4.39 Å². The molecule has 0 saturated heterocycles. The van der Waals surface area contributed by atoms with Crippen LogP contribution < -0.4 is 0 Å². The third kappa shape index (κ3) is 1.11. The van der Waals surface area contributed by atoms with Gasteiger partial charge in [0.15, 0.2) is 0 Å². The van der Waals surface area contributed by atoms with Gasteiger partial charge in [-0.3, -0.25) is 0 Å². The number of ether oxygens (including phenoxy) is 1. The highest BCUT2D eigenvalue weighted by atomic mass is 19.1. The van der Waals surface area contributed by atoms with E-state index in [4.69, 9.17) is 9.84 Å². The van der Waals surface area contributed by atoms with E-state index < -0.39 is 0 Å². The Bertz CT molecular complexity index is 299. The molecule has 64 valence electrons. The number of aliphatic hydroxyl groups excluding tert-OH is 1. The molecule has 1 unspecified atom stereocenters. The van der Waals surface area contributed by atoms with Crippen molar-refractivity contribution < 1.29 is 14.2 Å². The van der Waals surface area contributed by atoms with Crippen LogP contribution in [0.1, 0.15) is 17.2 Å². The van der Waals surface area contributed by atoms with E-state index in [1.165, 1.54) is 12.1 Å². The highest BCUT2D eigenvalue weighted by molar-refractivity contribution is 5.32. The normalized spacial score (nSPS) is 21.0. The Morgan fingerprint density at radius 2 is 2.42 bits per heavy atom. The van der Waals surface area contributed by atoms with Gasteiger partial charge < -0.3 is 9.84 Å². The molecule has 0 fully saturated rings. The number of halogens is 1. The van der Waals surface area contributed by atoms with Gasteiger partial charge in [-0.05, 0) is 23.3 Å². The molecule has 1 atom stereocenters. The standard InChI is InChI=1S/C9H9FO2/c10-7-1-2-8-6(3-7)5-12-9(8)4-11/h1-3,9,11H,4-5H2. The summed E-state index contributed by atoms with van der Waals surface area (Å²) in [6.07, 6.45) is -0.263. The van der Waals surface area contributed by atoms with Crippen LogP contribution in [0.15, 0.2) is 18.2 Å². The zero-order valence-corrected chi connectivity index (χ0v) is 6.46. The number of hydrogen-bond donors (Lipinski definition) is 1. The first-order chi connectivity index (χ1) is 5.81. The second-order valence-electron chi connectivity index (χ2n) is 2.83. The van der Waals surface area contributed by atoms with Crippen molar-refractivity contribution >= 4 is 0 Å². The van der Waals surface area contributed by atoms with Gasteiger partial charge in [0.25, 0.3) is 0 Å². The summed E-state index contributed by atoms with van der Waals surface area (Å²) in [6, 6.07) is 4.50. The lowest BCUT2D eigenvalue weighted by Crippen LogP contribution is -2.00. The molecular weight excluding hydrogens is 159 g/mol. The zero-order valence-electron chi connectivity index (χ0n) is 6.46. The molecule has 0 aliphatic carbocycles. The monoisotopic (exact) mass is 168 g/mol. The molecule has 1 aromatic carbocycles. The maximum Gasteiger partial charge on any atom is 0.123 e. The van der Waals surface area contributed by atoms with Crippen molar-refractivity contribution in [1.82, 2.24) is 0 Å². The second kappa shape index (κ2) is 2.84. The summed E-state index contributed by atoms with van der Waals surface area (Å²) < 4.78 is 17.9. The number of fused-ring (bicyclic) bond motifs is 1. The lowest BCUT2D eigenvalue weighted by Gasteiger charge is -2.05. The van der Waals surface area contributed by atoms with E-state index in [2.05, 4.69) is 0 Å². The maximum atomic E-state index is 12.7. The van der Waals surface area contributed by atoms with E-state index in [1.54, 1.807) is 6.07 Å². The van der Waals surface area contributed by atoms with Crippen molar-refractivity contribution in [2.75, 3.05) is 6.61 Å². The molecule has 0 amide bonds. The number of hydrogen-bond acceptors (Lipinski definition) is 2. The molecule has 0 spiro atoms. The van der Waals surface area contributed by atoms with Gasteiger partial charge in [-0.25, -0.2) is 4.39 Å². The minimum absolute atomic E-state index is 0.0430. The lowest BCUT2D eigenvalue weighted by molar-refractivity contribution is 0.0234. The molecule has 0 radical (unpaired) electrons. The topological polar surface area (TPSA) is 29.5 Å². The minimum Gasteiger partial charge on any atom is -0.393 e. The summed E-state index contributed by atoms with van der Waals surface area (Å²) in [5.74, 6) is -0.254. The van der Waals surface area contributed by atoms with E-state index in [-0.39, 0.29) is 18.5 Å². The van der Waals surface area contributed by atoms with Crippen molar-refractivity contribution in [3.05, 3.63) is 35.1 Å². The average molecular weight is 168 g/mol. The van der Waals surface area contributed by atoms with Gasteiger partial charge in [-0.1, -0.05) is 6.07 Å². The molecule has 12 heavy (non-hydrogen) atoms. The summed E-state index contributed by atoms with van der Waals surface area (Å²) in [4.78, 5) is 0. The maximum absolute atomic E-state index is 12.7. The van der Waals surface area contributed by atoms with Crippen molar-refractivity contribution in [2.45, 2.75) is 12.7 Å². The summed E-state index contributed by atoms with van der Waals surface area (Å²) >= 11 is 0. The van der Waals surface area contributed by atoms with Gasteiger partial charge in [0.2, 0.25) is 0 Å². The molecule has 1 aliphatic heterocycles. The van der Waals surface area contributed by atoms with Gasteiger partial charge in [0.1, 0.15) is 11.9 Å². The zero-order chi connectivity index (χ0) is 8.55. The Morgan fingerprint density at radius 3 is 3.17 bits per heavy atom. The number of benzene rings is 1. The second-order valence-corrected chi connectivity index (χ2v) is 2.83. The Morgan fingerprint density at radius 1 is 1.58 bits per heavy atom. The minimum atomic E-state index is -0.263. The predicted molar refractivity (Wildman–Crippen MR) is 41.0 cm³/mol. The number of rotatable bonds is 1. The van der Waals surface area contributed by atoms with Gasteiger partial charge in [0, 0.05) is 0 Å². The molecule has 1 aromatic rings. The molecule has 1 aliphatic rings. The van der Waals surface area contributed by atoms with E-state index >= 15 is 0 Å². The molecule has 1 N–H and O–H groups in total. The molecule has 2 rings (SSSR count). The Balaban J connectivity index is 2.40. The van der Waals surface area contributed by atoms with Gasteiger partial charge >= 0.3 is 0 Å². The first kappa shape index (κ1) is 7.71. The van der Waals surface area contributed by atoms with Crippen LogP contribution in [0.25, 0.3) is 0 Å². The molecule has 2 nitrogen and oxygen atoms in total. The van der Waals surface area contributed by atoms with Gasteiger partial charge in [-0.15, -0.1) is 0 Å². The highest BCUT2D eigenvalue weighted by Crippen LogP contribution is 2.30. The first-order valence-corrected chi connectivity index (χ1v) is 3.82. The highest BCUT2D eigenvalue weighted by Gasteiger charge is 2.22. The SMILES string of the molecule is OCC1OCc2cc(F)ccc21. The van der Waals surface area contributed by atoms with Crippen LogP contribution in [0.3, 0.4) is 0 Å². The Kier molecular flexibility index (Phi) is 1.83. The largest absolute Gasteiger partial charge is 0.393 e. The van der Waals surface area contributed by atoms with E-state index in [0.29, 0.717) is 6.61 Å². The fraction of sp³-hybridized carbons (Fsp3) is 0.333. The first-order valence-electron chi connectivity index (χ1n) is 3.82. The smallest absolute Gasteiger partial charge is 0.123 e. The third-order valence-corrected chi connectivity index (χ3v) is 2.06. The summed E-state index contributed by atoms with van der Waals surface area (Å²) in [5.41, 5.74) is 1.74. The van der Waals surface area contributed by atoms with Crippen LogP contribution in [0, 0.1) is 5.82 Å². The summed E-state index contributed by atoms with van der Waals surface area (Å²) in [6.45, 7) is 0.358. The van der Waals surface area contributed by atoms with E-state index in [0.717, 1.165) is 11.1 Å². The molecule has 0 saturated carbocycles. The molecule has 0 bridgehead atoms. The number of aliphatic hydroxyl groups is 1. The van der Waals surface area contributed by atoms with E-state index in [9.17, 15) is 4.39 Å². The fourth-order valence-corrected chi connectivity index (χ4v) is 1.44. The van der Waals surface area contributed by atoms with Gasteiger partial charge in [-0.2, -0.15) is 0 Å². The Hall–Kier alpha value is -0.930. The van der Waals surface area contributed by atoms with Crippen LogP contribution in [-0.2, 0) is 11.3 Å². The van der Waals surface area contributed by atoms with Crippen LogP contribution in [-0.4, -0.2) is 11.7 Å². The van der Waals surface area contributed by atoms with E-state index in [1.807, 2.05) is 0 Å². The lowest BCUT2D eigenvalue weighted by atomic mass is 10.1. The summed E-state index contributed by atoms with van der Waals surface area (Å²) in [7, 11) is 0. The molecular formula is C9H9FO2. The van der Waals surface area contributed by atoms with Crippen LogP contribution in [0.5, 0.6) is 0 Å². The summed E-state index contributed by atoms with van der Waals surface area (Å²) in [5, 5.41) is 8.86. The fourth-order valence-electron chi connectivity index (χ4n) is 1.44. The average Bonchev–Trinajstić information content (AvgIpc) is 2.46. The predicted octanol–water partition coefficient (Wildman–Crippen LogP) is 1.39. The molecule has 0 aromatic heterocycles. The van der Waals surface area contributed by atoms with Crippen molar-refractivity contribution in [3.8, 4) is 0 Å². The van der Waals surface area contributed by atoms with Crippen molar-refractivity contribution in [3.63, 3.8) is 0 Å². The molecule has 1 heterocycles. The molecule has 3 heteroatoms. The van der Waals surface area contributed by atoms with Crippen molar-refractivity contribution in [2.24, 2.45) is 0 Å². The van der Waals surface area contributed by atoms with Crippen LogP contribution in [0.2, 0.25) is 0 Å². The van der Waals surface area contributed by atoms with Crippen LogP contribution >= 0.6 is 0 Å². The van der Waals surface area contributed by atoms with Crippen molar-refractivity contribution in [1.29, 1.82) is 0 Å². The third-order valence-electron chi connectivity index (χ3n) is 2.06. The quantitative estimate of drug-likeness (QED) is 0.686. The Labute approximate surface area is 69.6 Å². The van der Waals surface area contributed by atoms with Gasteiger partial charge in [0.05, 0.1) is 13.2 Å².